The maximum atomic E-state index is 14.8. The second-order valence-electron chi connectivity index (χ2n) is 13.0. The number of halogens is 2. The molecule has 0 radical (unpaired) electrons. The van der Waals surface area contributed by atoms with Crippen LogP contribution in [0.3, 0.4) is 0 Å². The van der Waals surface area contributed by atoms with Crippen molar-refractivity contribution in [1.82, 2.24) is 20.2 Å². The Labute approximate surface area is 258 Å². The van der Waals surface area contributed by atoms with Crippen LogP contribution in [0, 0.1) is 23.5 Å². The van der Waals surface area contributed by atoms with Gasteiger partial charge in [-0.25, -0.2) is 28.3 Å². The summed E-state index contributed by atoms with van der Waals surface area (Å²) in [4.78, 5) is 37.3. The highest BCUT2D eigenvalue weighted by atomic mass is 19.1. The Morgan fingerprint density at radius 2 is 1.75 bits per heavy atom. The maximum absolute atomic E-state index is 14.8. The van der Waals surface area contributed by atoms with Gasteiger partial charge in [0.15, 0.2) is 5.75 Å². The molecule has 3 heterocycles. The SMILES string of the molecule is CC(C)OC(=O)N1CCC([C@H](C)CCOc2cnc(N3C[C@H](NC(=O)OC(C)(C)C)[C@@H](c4cc(F)ccc4F)C3)nc2)CC1. The molecular weight excluding hydrogens is 572 g/mol. The smallest absolute Gasteiger partial charge is 0.410 e. The molecule has 3 atom stereocenters. The van der Waals surface area contributed by atoms with Crippen LogP contribution in [0.1, 0.15) is 72.3 Å². The molecule has 242 valence electrons. The lowest BCUT2D eigenvalue weighted by atomic mass is 9.84. The van der Waals surface area contributed by atoms with Crippen molar-refractivity contribution in [3.05, 3.63) is 47.8 Å². The molecule has 2 aliphatic rings. The van der Waals surface area contributed by atoms with E-state index in [0.29, 0.717) is 43.2 Å². The van der Waals surface area contributed by atoms with E-state index in [4.69, 9.17) is 14.2 Å². The highest BCUT2D eigenvalue weighted by Gasteiger charge is 2.38. The largest absolute Gasteiger partial charge is 0.490 e. The van der Waals surface area contributed by atoms with Crippen molar-refractivity contribution in [1.29, 1.82) is 0 Å². The Hall–Kier alpha value is -3.70. The van der Waals surface area contributed by atoms with Gasteiger partial charge in [-0.15, -0.1) is 0 Å². The lowest BCUT2D eigenvalue weighted by Gasteiger charge is -2.34. The monoisotopic (exact) mass is 617 g/mol. The molecule has 1 aromatic carbocycles. The van der Waals surface area contributed by atoms with E-state index in [1.807, 2.05) is 18.7 Å². The molecule has 2 saturated heterocycles. The van der Waals surface area contributed by atoms with E-state index in [9.17, 15) is 18.4 Å². The van der Waals surface area contributed by atoms with Gasteiger partial charge in [0.1, 0.15) is 17.2 Å². The number of carbonyl (C=O) groups is 2. The zero-order chi connectivity index (χ0) is 32.0. The first kappa shape index (κ1) is 33.2. The fraction of sp³-hybridized carbons (Fsp3) is 0.625. The van der Waals surface area contributed by atoms with Crippen molar-refractivity contribution in [3.63, 3.8) is 0 Å². The first-order valence-corrected chi connectivity index (χ1v) is 15.4. The van der Waals surface area contributed by atoms with Crippen molar-refractivity contribution in [2.45, 2.75) is 84.5 Å². The van der Waals surface area contributed by atoms with E-state index in [0.717, 1.165) is 37.5 Å². The molecular formula is C32H45F2N5O5. The van der Waals surface area contributed by atoms with E-state index >= 15 is 0 Å². The van der Waals surface area contributed by atoms with Crippen LogP contribution < -0.4 is 15.0 Å². The Morgan fingerprint density at radius 1 is 1.07 bits per heavy atom. The van der Waals surface area contributed by atoms with Gasteiger partial charge in [0.25, 0.3) is 0 Å². The van der Waals surface area contributed by atoms with Crippen molar-refractivity contribution in [2.24, 2.45) is 11.8 Å². The van der Waals surface area contributed by atoms with Gasteiger partial charge in [-0.05, 0) is 89.5 Å². The highest BCUT2D eigenvalue weighted by molar-refractivity contribution is 5.69. The summed E-state index contributed by atoms with van der Waals surface area (Å²) in [6.07, 6.45) is 4.93. The minimum Gasteiger partial charge on any atom is -0.490 e. The number of carbonyl (C=O) groups excluding carboxylic acids is 2. The number of benzene rings is 1. The molecule has 4 rings (SSSR count). The summed E-state index contributed by atoms with van der Waals surface area (Å²) in [5, 5.41) is 2.82. The average Bonchev–Trinajstić information content (AvgIpc) is 3.36. The van der Waals surface area contributed by atoms with Gasteiger partial charge < -0.3 is 29.3 Å². The predicted molar refractivity (Wildman–Crippen MR) is 162 cm³/mol. The summed E-state index contributed by atoms with van der Waals surface area (Å²) in [5.74, 6) is 0.205. The number of piperidine rings is 1. The topological polar surface area (TPSA) is 106 Å². The number of hydrogen-bond donors (Lipinski definition) is 1. The molecule has 12 heteroatoms. The Kier molecular flexibility index (Phi) is 10.9. The van der Waals surface area contributed by atoms with Gasteiger partial charge in [-0.1, -0.05) is 6.92 Å². The van der Waals surface area contributed by atoms with Crippen molar-refractivity contribution in [3.8, 4) is 5.75 Å². The van der Waals surface area contributed by atoms with Crippen LogP contribution in [-0.2, 0) is 9.47 Å². The fourth-order valence-corrected chi connectivity index (χ4v) is 5.76. The first-order valence-electron chi connectivity index (χ1n) is 15.4. The normalized spacial score (nSPS) is 20.0. The van der Waals surface area contributed by atoms with E-state index < -0.39 is 35.3 Å². The third kappa shape index (κ3) is 9.15. The van der Waals surface area contributed by atoms with E-state index in [2.05, 4.69) is 22.2 Å². The number of ether oxygens (including phenoxy) is 3. The molecule has 0 aliphatic carbocycles. The molecule has 0 saturated carbocycles. The molecule has 44 heavy (non-hydrogen) atoms. The lowest BCUT2D eigenvalue weighted by molar-refractivity contribution is 0.0503. The van der Waals surface area contributed by atoms with Crippen molar-refractivity contribution in [2.75, 3.05) is 37.7 Å². The molecule has 2 aliphatic heterocycles. The Balaban J connectivity index is 1.31. The minimum atomic E-state index is -0.709. The number of aromatic nitrogens is 2. The van der Waals surface area contributed by atoms with Crippen LogP contribution in [0.4, 0.5) is 24.3 Å². The van der Waals surface area contributed by atoms with Crippen LogP contribution in [0.15, 0.2) is 30.6 Å². The van der Waals surface area contributed by atoms with Gasteiger partial charge in [-0.2, -0.15) is 0 Å². The minimum absolute atomic E-state index is 0.121. The van der Waals surface area contributed by atoms with Gasteiger partial charge in [0.2, 0.25) is 5.95 Å². The van der Waals surface area contributed by atoms with Crippen LogP contribution >= 0.6 is 0 Å². The molecule has 1 aromatic heterocycles. The second kappa shape index (κ2) is 14.4. The van der Waals surface area contributed by atoms with Gasteiger partial charge in [0.05, 0.1) is 31.1 Å². The predicted octanol–water partition coefficient (Wildman–Crippen LogP) is 5.91. The quantitative estimate of drug-likeness (QED) is 0.370. The molecule has 2 aromatic rings. The zero-order valence-electron chi connectivity index (χ0n) is 26.5. The zero-order valence-corrected chi connectivity index (χ0v) is 26.5. The highest BCUT2D eigenvalue weighted by Crippen LogP contribution is 2.33. The summed E-state index contributed by atoms with van der Waals surface area (Å²) in [7, 11) is 0. The average molecular weight is 618 g/mol. The van der Waals surface area contributed by atoms with Crippen LogP contribution in [0.5, 0.6) is 5.75 Å². The standard InChI is InChI=1S/C32H45F2N5O5/c1-20(2)43-31(41)38-12-9-22(10-13-38)21(3)11-14-42-24-16-35-29(36-17-24)39-18-26(25-15-23(33)7-8-27(25)34)28(19-39)37-30(40)44-32(4,5)6/h7-8,15-17,20-22,26,28H,9-14,18-19H2,1-6H3,(H,37,40)/t21-,26-,28+/m1/s1. The maximum Gasteiger partial charge on any atom is 0.410 e. The number of nitrogens with zero attached hydrogens (tertiary/aromatic N) is 4. The number of alkyl carbamates (subject to hydrolysis) is 1. The molecule has 0 bridgehead atoms. The van der Waals surface area contributed by atoms with Crippen LogP contribution in [-0.4, -0.2) is 77.6 Å². The number of rotatable bonds is 9. The number of likely N-dealkylation sites (tertiary alicyclic amines) is 1. The van der Waals surface area contributed by atoms with Gasteiger partial charge in [-0.3, -0.25) is 0 Å². The Morgan fingerprint density at radius 3 is 2.39 bits per heavy atom. The van der Waals surface area contributed by atoms with Gasteiger partial charge >= 0.3 is 12.2 Å². The summed E-state index contributed by atoms with van der Waals surface area (Å²) in [6, 6.07) is 2.76. The fourth-order valence-electron chi connectivity index (χ4n) is 5.76. The van der Waals surface area contributed by atoms with Crippen molar-refractivity contribution < 1.29 is 32.6 Å². The summed E-state index contributed by atoms with van der Waals surface area (Å²) in [5.41, 5.74) is -0.539. The van der Waals surface area contributed by atoms with E-state index in [-0.39, 0.29) is 30.9 Å². The number of amides is 2. The summed E-state index contributed by atoms with van der Waals surface area (Å²) < 4.78 is 45.5. The second-order valence-corrected chi connectivity index (χ2v) is 13.0. The number of hydrogen-bond acceptors (Lipinski definition) is 8. The molecule has 1 N–H and O–H groups in total. The molecule has 2 amide bonds. The summed E-state index contributed by atoms with van der Waals surface area (Å²) in [6.45, 7) is 13.7. The molecule has 0 unspecified atom stereocenters. The third-order valence-corrected chi connectivity index (χ3v) is 8.06. The van der Waals surface area contributed by atoms with Gasteiger partial charge in [0, 0.05) is 32.1 Å². The third-order valence-electron chi connectivity index (χ3n) is 8.06. The number of nitrogens with one attached hydrogen (secondary N) is 1. The number of anilines is 1. The molecule has 2 fully saturated rings. The molecule has 10 nitrogen and oxygen atoms in total. The summed E-state index contributed by atoms with van der Waals surface area (Å²) >= 11 is 0. The Bertz CT molecular complexity index is 1260. The van der Waals surface area contributed by atoms with Crippen LogP contribution in [0.2, 0.25) is 0 Å². The van der Waals surface area contributed by atoms with E-state index in [1.54, 1.807) is 38.1 Å². The van der Waals surface area contributed by atoms with Crippen LogP contribution in [0.25, 0.3) is 0 Å². The van der Waals surface area contributed by atoms with Crippen molar-refractivity contribution >= 4 is 18.1 Å². The lowest BCUT2D eigenvalue weighted by Crippen LogP contribution is -2.43. The first-order chi connectivity index (χ1) is 20.8. The van der Waals surface area contributed by atoms with E-state index in [1.165, 1.54) is 0 Å². The molecule has 0 spiro atoms.